The molecule has 1 aliphatic heterocycles. The molecular weight excluding hydrogens is 374 g/mol. The smallest absolute Gasteiger partial charge is 0.156 e. The van der Waals surface area contributed by atoms with Crippen molar-refractivity contribution in [3.8, 4) is 0 Å². The van der Waals surface area contributed by atoms with Crippen LogP contribution in [0.25, 0.3) is 0 Å². The van der Waals surface area contributed by atoms with Crippen molar-refractivity contribution in [2.75, 3.05) is 25.6 Å². The minimum Gasteiger partial charge on any atom is -0.378 e. The number of ether oxygens (including phenoxy) is 1. The molecule has 1 aromatic carbocycles. The lowest BCUT2D eigenvalue weighted by molar-refractivity contribution is -0.130. The minimum absolute atomic E-state index is 0.131. The molecule has 1 saturated heterocycles. The molecule has 0 N–H and O–H groups in total. The molecule has 4 atom stereocenters. The third-order valence-corrected chi connectivity index (χ3v) is 7.98. The van der Waals surface area contributed by atoms with Gasteiger partial charge in [-0.25, -0.2) is 0 Å². The summed E-state index contributed by atoms with van der Waals surface area (Å²) < 4.78 is 6.62. The maximum Gasteiger partial charge on any atom is 0.156 e. The topological polar surface area (TPSA) is 46.6 Å². The normalized spacial score (nSPS) is 33.4. The fourth-order valence-electron chi connectivity index (χ4n) is 6.28. The predicted octanol–water partition coefficient (Wildman–Crippen LogP) is 4.81. The molecule has 1 saturated carbocycles. The van der Waals surface area contributed by atoms with Gasteiger partial charge in [0.25, 0.3) is 0 Å². The van der Waals surface area contributed by atoms with Gasteiger partial charge in [0, 0.05) is 32.6 Å². The molecule has 5 rings (SSSR count). The van der Waals surface area contributed by atoms with Crippen molar-refractivity contribution in [3.05, 3.63) is 52.6 Å². The van der Waals surface area contributed by atoms with E-state index in [9.17, 15) is 9.59 Å². The molecule has 0 radical (unpaired) electrons. The summed E-state index contributed by atoms with van der Waals surface area (Å²) in [5, 5.41) is 0. The molecule has 0 amide bonds. The number of hydrogen-bond acceptors (Lipinski definition) is 4. The molecule has 0 bridgehead atoms. The number of allylic oxidation sites excluding steroid dienone is 3. The molecule has 0 spiro atoms. The van der Waals surface area contributed by atoms with Crippen LogP contribution >= 0.6 is 0 Å². The molecule has 4 nitrogen and oxygen atoms in total. The number of nitrogens with zero attached hydrogens (tertiary/aromatic N) is 1. The highest BCUT2D eigenvalue weighted by molar-refractivity contribution is 5.93. The van der Waals surface area contributed by atoms with Gasteiger partial charge in [0.05, 0.1) is 12.0 Å². The summed E-state index contributed by atoms with van der Waals surface area (Å²) in [6.07, 6.45) is 6.73. The van der Waals surface area contributed by atoms with Gasteiger partial charge >= 0.3 is 0 Å². The van der Waals surface area contributed by atoms with Gasteiger partial charge in [-0.15, -0.1) is 0 Å². The van der Waals surface area contributed by atoms with E-state index in [0.29, 0.717) is 37.1 Å². The summed E-state index contributed by atoms with van der Waals surface area (Å²) in [7, 11) is 4.09. The Bertz CT molecular complexity index is 955. The van der Waals surface area contributed by atoms with Gasteiger partial charge in [-0.3, -0.25) is 9.59 Å². The molecule has 2 unspecified atom stereocenters. The Hall–Kier alpha value is -2.20. The van der Waals surface area contributed by atoms with Crippen LogP contribution in [-0.2, 0) is 14.3 Å². The van der Waals surface area contributed by atoms with E-state index >= 15 is 0 Å². The van der Waals surface area contributed by atoms with Crippen LogP contribution in [0, 0.1) is 17.3 Å². The van der Waals surface area contributed by atoms with Crippen molar-refractivity contribution in [1.29, 1.82) is 0 Å². The summed E-state index contributed by atoms with van der Waals surface area (Å²) in [6.45, 7) is 2.62. The van der Waals surface area contributed by atoms with E-state index in [1.54, 1.807) is 0 Å². The molecule has 1 aromatic rings. The number of fused-ring (bicyclic) bond motifs is 4. The zero-order valence-electron chi connectivity index (χ0n) is 18.2. The van der Waals surface area contributed by atoms with Gasteiger partial charge in [-0.1, -0.05) is 19.1 Å². The third kappa shape index (κ3) is 2.99. The van der Waals surface area contributed by atoms with Crippen molar-refractivity contribution in [2.45, 2.75) is 51.6 Å². The van der Waals surface area contributed by atoms with Gasteiger partial charge in [-0.05, 0) is 78.0 Å². The van der Waals surface area contributed by atoms with Crippen LogP contribution in [0.4, 0.5) is 5.69 Å². The van der Waals surface area contributed by atoms with Gasteiger partial charge in [0.15, 0.2) is 5.78 Å². The highest BCUT2D eigenvalue weighted by Gasteiger charge is 2.54. The second-order valence-corrected chi connectivity index (χ2v) is 9.88. The Morgan fingerprint density at radius 3 is 2.50 bits per heavy atom. The molecule has 0 aromatic heterocycles. The lowest BCUT2D eigenvalue weighted by Crippen LogP contribution is -2.36. The molecule has 30 heavy (non-hydrogen) atoms. The van der Waals surface area contributed by atoms with E-state index in [2.05, 4.69) is 36.1 Å². The summed E-state index contributed by atoms with van der Waals surface area (Å²) in [5.74, 6) is 1.32. The molecular formula is C26H31NO3. The van der Waals surface area contributed by atoms with E-state index in [1.807, 2.05) is 20.2 Å². The van der Waals surface area contributed by atoms with E-state index in [4.69, 9.17) is 4.74 Å². The molecule has 4 heteroatoms. The molecule has 4 aliphatic rings. The van der Waals surface area contributed by atoms with Crippen LogP contribution in [0.1, 0.15) is 57.1 Å². The number of carbonyl (C=O) groups is 2. The quantitative estimate of drug-likeness (QED) is 0.709. The van der Waals surface area contributed by atoms with E-state index in [0.717, 1.165) is 36.9 Å². The molecule has 1 heterocycles. The Morgan fingerprint density at radius 2 is 1.77 bits per heavy atom. The van der Waals surface area contributed by atoms with E-state index < -0.39 is 0 Å². The number of benzene rings is 1. The number of ketones is 2. The van der Waals surface area contributed by atoms with Gasteiger partial charge in [0.1, 0.15) is 11.9 Å². The molecule has 3 aliphatic carbocycles. The van der Waals surface area contributed by atoms with Crippen molar-refractivity contribution in [1.82, 2.24) is 0 Å². The SMILES string of the molecule is CN(C)c1ccc([C@H]2OC[C@]3(C)C(=O)CCC3C3CCC4=CC(=O)CCC4=C32)cc1. The number of carbonyl (C=O) groups excluding carboxylic acids is 2. The minimum atomic E-state index is -0.388. The third-order valence-electron chi connectivity index (χ3n) is 7.98. The maximum absolute atomic E-state index is 12.9. The van der Waals surface area contributed by atoms with Crippen LogP contribution in [0.2, 0.25) is 0 Å². The highest BCUT2D eigenvalue weighted by Crippen LogP contribution is 2.57. The van der Waals surface area contributed by atoms with Crippen molar-refractivity contribution in [3.63, 3.8) is 0 Å². The predicted molar refractivity (Wildman–Crippen MR) is 117 cm³/mol. The number of anilines is 1. The number of hydrogen-bond donors (Lipinski definition) is 0. The average molecular weight is 406 g/mol. The van der Waals surface area contributed by atoms with Gasteiger partial charge < -0.3 is 9.64 Å². The summed E-state index contributed by atoms with van der Waals surface area (Å²) in [6, 6.07) is 8.62. The monoisotopic (exact) mass is 405 g/mol. The second-order valence-electron chi connectivity index (χ2n) is 9.88. The highest BCUT2D eigenvalue weighted by atomic mass is 16.5. The van der Waals surface area contributed by atoms with Crippen molar-refractivity contribution >= 4 is 17.3 Å². The van der Waals surface area contributed by atoms with Crippen molar-refractivity contribution < 1.29 is 14.3 Å². The zero-order chi connectivity index (χ0) is 21.0. The first-order valence-corrected chi connectivity index (χ1v) is 11.3. The standard InChI is InChI=1S/C26H31NO3/c1-26-15-30-25(16-4-7-18(8-5-16)27(2)3)24-20-11-9-19(28)14-17(20)6-10-21(24)22(26)12-13-23(26)29/h4-5,7-8,14,21-22,25H,6,9-13,15H2,1-3H3/t21?,22?,25-,26+/m1/s1. The number of rotatable bonds is 2. The van der Waals surface area contributed by atoms with Crippen LogP contribution in [0.3, 0.4) is 0 Å². The summed E-state index contributed by atoms with van der Waals surface area (Å²) in [5.41, 5.74) is 5.84. The fourth-order valence-corrected chi connectivity index (χ4v) is 6.28. The first-order valence-electron chi connectivity index (χ1n) is 11.3. The lowest BCUT2D eigenvalue weighted by atomic mass is 9.64. The molecule has 158 valence electrons. The fraction of sp³-hybridized carbons (Fsp3) is 0.538. The Kier molecular flexibility index (Phi) is 4.73. The van der Waals surface area contributed by atoms with Gasteiger partial charge in [0.2, 0.25) is 0 Å². The molecule has 2 fully saturated rings. The number of Topliss-reactive ketones (excluding diaryl/α,β-unsaturated/α-hetero) is 1. The maximum atomic E-state index is 12.9. The van der Waals surface area contributed by atoms with E-state index in [1.165, 1.54) is 16.7 Å². The lowest BCUT2D eigenvalue weighted by Gasteiger charge is -2.39. The van der Waals surface area contributed by atoms with Gasteiger partial charge in [-0.2, -0.15) is 0 Å². The van der Waals surface area contributed by atoms with Crippen LogP contribution in [-0.4, -0.2) is 32.3 Å². The first-order chi connectivity index (χ1) is 14.4. The Labute approximate surface area is 179 Å². The van der Waals surface area contributed by atoms with Crippen LogP contribution < -0.4 is 4.90 Å². The Morgan fingerprint density at radius 1 is 1.00 bits per heavy atom. The summed E-state index contributed by atoms with van der Waals surface area (Å²) in [4.78, 5) is 27.1. The second kappa shape index (κ2) is 7.19. The largest absolute Gasteiger partial charge is 0.378 e. The first kappa shape index (κ1) is 19.7. The van der Waals surface area contributed by atoms with Crippen LogP contribution in [0.15, 0.2) is 47.1 Å². The average Bonchev–Trinajstić information content (AvgIpc) is 2.95. The van der Waals surface area contributed by atoms with Crippen molar-refractivity contribution in [2.24, 2.45) is 17.3 Å². The summed E-state index contributed by atoms with van der Waals surface area (Å²) >= 11 is 0. The van der Waals surface area contributed by atoms with Crippen LogP contribution in [0.5, 0.6) is 0 Å². The zero-order valence-corrected chi connectivity index (χ0v) is 18.2. The Balaban J connectivity index is 1.65. The van der Waals surface area contributed by atoms with E-state index in [-0.39, 0.29) is 17.3 Å².